The number of hydrogen-bond acceptors (Lipinski definition) is 18. The Balaban J connectivity index is 2.69. The highest BCUT2D eigenvalue weighted by Crippen LogP contribution is 2.36. The third-order valence-corrected chi connectivity index (χ3v) is 5.94. The Labute approximate surface area is 251 Å². The fourth-order valence-electron chi connectivity index (χ4n) is 4.45. The summed E-state index contributed by atoms with van der Waals surface area (Å²) in [5.74, 6) is -8.72. The fraction of sp³-hybridized carbons (Fsp3) is 0.731. The Kier molecular flexibility index (Phi) is 13.0. The van der Waals surface area contributed by atoms with Crippen molar-refractivity contribution in [2.75, 3.05) is 19.8 Å². The number of esters is 7. The van der Waals surface area contributed by atoms with E-state index in [4.69, 9.17) is 47.4 Å². The Hall–Kier alpha value is -3.87. The predicted octanol–water partition coefficient (Wildman–Crippen LogP) is -1.40. The van der Waals surface area contributed by atoms with E-state index in [0.717, 1.165) is 48.5 Å². The van der Waals surface area contributed by atoms with Gasteiger partial charge < -0.3 is 52.5 Å². The number of hydrogen-bond donors (Lipinski definition) is 1. The van der Waals surface area contributed by atoms with Gasteiger partial charge in [-0.3, -0.25) is 33.6 Å². The normalized spacial score (nSPS) is 31.5. The van der Waals surface area contributed by atoms with Gasteiger partial charge in [0.2, 0.25) is 5.79 Å². The van der Waals surface area contributed by atoms with Gasteiger partial charge in [0.25, 0.3) is 0 Å². The van der Waals surface area contributed by atoms with Crippen LogP contribution in [0, 0.1) is 0 Å². The lowest BCUT2D eigenvalue weighted by molar-refractivity contribution is -0.387. The molecule has 2 aliphatic rings. The second-order valence-electron chi connectivity index (χ2n) is 9.78. The monoisotopic (exact) mass is 636 g/mol. The molecule has 0 aromatic rings. The Morgan fingerprint density at radius 2 is 1.11 bits per heavy atom. The molecule has 2 heterocycles. The van der Waals surface area contributed by atoms with E-state index in [0.29, 0.717) is 0 Å². The van der Waals surface area contributed by atoms with E-state index in [1.165, 1.54) is 0 Å². The second-order valence-corrected chi connectivity index (χ2v) is 9.78. The molecule has 2 aliphatic heterocycles. The van der Waals surface area contributed by atoms with Crippen LogP contribution in [0.1, 0.15) is 48.5 Å². The van der Waals surface area contributed by atoms with Crippen molar-refractivity contribution in [1.82, 2.24) is 0 Å². The molecule has 9 atom stereocenters. The van der Waals surface area contributed by atoms with Gasteiger partial charge in [-0.2, -0.15) is 0 Å². The van der Waals surface area contributed by atoms with Crippen LogP contribution in [0.15, 0.2) is 0 Å². The van der Waals surface area contributed by atoms with Crippen molar-refractivity contribution in [2.45, 2.75) is 103 Å². The minimum Gasteiger partial charge on any atom is -0.463 e. The van der Waals surface area contributed by atoms with Gasteiger partial charge in [-0.15, -0.1) is 0 Å². The van der Waals surface area contributed by atoms with Gasteiger partial charge in [-0.05, 0) is 0 Å². The first-order valence-electron chi connectivity index (χ1n) is 13.2. The first kappa shape index (κ1) is 36.3. The van der Waals surface area contributed by atoms with Gasteiger partial charge in [0.05, 0.1) is 6.61 Å². The first-order chi connectivity index (χ1) is 20.4. The van der Waals surface area contributed by atoms with Crippen molar-refractivity contribution in [1.29, 1.82) is 0 Å². The molecule has 0 saturated carbocycles. The van der Waals surface area contributed by atoms with E-state index in [2.05, 4.69) is 0 Å². The molecular formula is C26H36O18. The summed E-state index contributed by atoms with van der Waals surface area (Å²) in [7, 11) is 0. The largest absolute Gasteiger partial charge is 0.463 e. The number of carbonyl (C=O) groups excluding carboxylic acids is 7. The van der Waals surface area contributed by atoms with Gasteiger partial charge in [0.1, 0.15) is 19.3 Å². The molecule has 2 fully saturated rings. The van der Waals surface area contributed by atoms with E-state index >= 15 is 0 Å². The molecule has 0 aliphatic carbocycles. The van der Waals surface area contributed by atoms with Gasteiger partial charge >= 0.3 is 41.8 Å². The van der Waals surface area contributed by atoms with E-state index < -0.39 is 116 Å². The van der Waals surface area contributed by atoms with Crippen LogP contribution < -0.4 is 0 Å². The third kappa shape index (κ3) is 10.4. The second kappa shape index (κ2) is 15.7. The molecule has 1 N–H and O–H groups in total. The van der Waals surface area contributed by atoms with Gasteiger partial charge in [0.15, 0.2) is 42.9 Å². The van der Waals surface area contributed by atoms with E-state index in [-0.39, 0.29) is 0 Å². The summed E-state index contributed by atoms with van der Waals surface area (Å²) in [6.07, 6.45) is -13.2. The summed E-state index contributed by atoms with van der Waals surface area (Å²) in [6, 6.07) is 0. The van der Waals surface area contributed by atoms with Crippen molar-refractivity contribution in [2.24, 2.45) is 0 Å². The summed E-state index contributed by atoms with van der Waals surface area (Å²) in [5.41, 5.74) is 0. The van der Waals surface area contributed by atoms with Gasteiger partial charge in [0, 0.05) is 48.5 Å². The molecule has 2 saturated heterocycles. The van der Waals surface area contributed by atoms with Crippen LogP contribution in [-0.2, 0) is 80.9 Å². The topological polar surface area (TPSA) is 232 Å². The average Bonchev–Trinajstić information content (AvgIpc) is 2.87. The molecule has 18 heteroatoms. The smallest absolute Gasteiger partial charge is 0.303 e. The third-order valence-electron chi connectivity index (χ3n) is 5.94. The minimum absolute atomic E-state index is 0.562. The molecule has 0 amide bonds. The molecule has 2 rings (SSSR count). The van der Waals surface area contributed by atoms with Crippen LogP contribution in [0.25, 0.3) is 0 Å². The lowest BCUT2D eigenvalue weighted by Crippen LogP contribution is -2.69. The SMILES string of the molecule is CC(=O)OC[C@@H]1O[C@@H](O[C@@H]2[C@H](OC(C)=O)[C@H](OC(C)=O)CO[C@]2(O)COC(C)=O)[C@@H](OC(C)=O)[C@@H](OC(C)=O)[C@H]1OC(C)=O. The quantitative estimate of drug-likeness (QED) is 0.203. The maximum absolute atomic E-state index is 12.2. The highest BCUT2D eigenvalue weighted by atomic mass is 16.8. The lowest BCUT2D eigenvalue weighted by Gasteiger charge is -2.49. The summed E-state index contributed by atoms with van der Waals surface area (Å²) >= 11 is 0. The van der Waals surface area contributed by atoms with Crippen molar-refractivity contribution in [3.05, 3.63) is 0 Å². The number of carbonyl (C=O) groups is 7. The van der Waals surface area contributed by atoms with Crippen molar-refractivity contribution in [3.63, 3.8) is 0 Å². The molecule has 0 radical (unpaired) electrons. The summed E-state index contributed by atoms with van der Waals surface area (Å²) < 4.78 is 53.9. The van der Waals surface area contributed by atoms with Crippen LogP contribution in [0.2, 0.25) is 0 Å². The Bertz CT molecular complexity index is 1100. The van der Waals surface area contributed by atoms with Crippen LogP contribution >= 0.6 is 0 Å². The zero-order chi connectivity index (χ0) is 33.4. The summed E-state index contributed by atoms with van der Waals surface area (Å²) in [4.78, 5) is 83.5. The highest BCUT2D eigenvalue weighted by Gasteiger charge is 2.59. The fourth-order valence-corrected chi connectivity index (χ4v) is 4.45. The van der Waals surface area contributed by atoms with E-state index in [1.54, 1.807) is 0 Å². The number of ether oxygens (including phenoxy) is 10. The van der Waals surface area contributed by atoms with Crippen molar-refractivity contribution < 1.29 is 86.0 Å². The van der Waals surface area contributed by atoms with Crippen LogP contribution in [0.5, 0.6) is 0 Å². The maximum atomic E-state index is 12.2. The lowest BCUT2D eigenvalue weighted by atomic mass is 9.95. The maximum Gasteiger partial charge on any atom is 0.303 e. The van der Waals surface area contributed by atoms with Crippen LogP contribution in [0.3, 0.4) is 0 Å². The molecule has 0 aromatic carbocycles. The molecule has 0 aromatic heterocycles. The summed E-state index contributed by atoms with van der Waals surface area (Å²) in [6.45, 7) is 5.16. The number of rotatable bonds is 11. The highest BCUT2D eigenvalue weighted by molar-refractivity contribution is 5.69. The Morgan fingerprint density at radius 3 is 1.61 bits per heavy atom. The zero-order valence-electron chi connectivity index (χ0n) is 25.1. The van der Waals surface area contributed by atoms with Crippen LogP contribution in [-0.4, -0.2) is 122 Å². The summed E-state index contributed by atoms with van der Waals surface area (Å²) in [5, 5.41) is 11.5. The predicted molar refractivity (Wildman–Crippen MR) is 135 cm³/mol. The first-order valence-corrected chi connectivity index (χ1v) is 13.2. The van der Waals surface area contributed by atoms with Gasteiger partial charge in [-0.1, -0.05) is 0 Å². The van der Waals surface area contributed by atoms with Gasteiger partial charge in [-0.25, -0.2) is 0 Å². The van der Waals surface area contributed by atoms with E-state index in [1.807, 2.05) is 0 Å². The zero-order valence-corrected chi connectivity index (χ0v) is 25.1. The van der Waals surface area contributed by atoms with Crippen molar-refractivity contribution >= 4 is 41.8 Å². The molecule has 0 bridgehead atoms. The molecule has 248 valence electrons. The number of aliphatic hydroxyl groups is 1. The average molecular weight is 637 g/mol. The molecule has 0 spiro atoms. The molecule has 18 nitrogen and oxygen atoms in total. The van der Waals surface area contributed by atoms with E-state index in [9.17, 15) is 38.7 Å². The minimum atomic E-state index is -2.61. The van der Waals surface area contributed by atoms with Crippen LogP contribution in [0.4, 0.5) is 0 Å². The molecule has 44 heavy (non-hydrogen) atoms. The Morgan fingerprint density at radius 1 is 0.636 bits per heavy atom. The molecule has 0 unspecified atom stereocenters. The standard InChI is InChI=1S/C26H36O18/c1-11(27)35-8-18-20(39-14(4)30)22(41-16(6)32)23(42-17(7)33)25(43-18)44-24-21(40-15(5)31)19(38-13(3)29)9-37-26(24,34)10-36-12(2)28/h18-25,34H,8-10H2,1-7H3/t18-,19+,20-,21+,22-,23-,24+,25-,26+/m0/s1. The molecular weight excluding hydrogens is 600 g/mol. The van der Waals surface area contributed by atoms with Crippen molar-refractivity contribution in [3.8, 4) is 0 Å².